The molecule has 11 aromatic carbocycles. The van der Waals surface area contributed by atoms with Gasteiger partial charge in [-0.1, -0.05) is 189 Å². The summed E-state index contributed by atoms with van der Waals surface area (Å²) < 4.78 is 9.78. The first kappa shape index (κ1) is 50.9. The molecule has 0 aliphatic heterocycles. The zero-order valence-corrected chi connectivity index (χ0v) is 47.6. The molecule has 0 unspecified atom stereocenters. The fraction of sp³-hybridized carbons (Fsp3) is 0.0380. The molecule has 3 nitrogen and oxygen atoms in total. The van der Waals surface area contributed by atoms with Crippen LogP contribution in [0.3, 0.4) is 0 Å². The normalized spacial score (nSPS) is 11.7. The minimum atomic E-state index is 0.920. The average molecular weight is 1080 g/mol. The molecule has 4 heteroatoms. The van der Waals surface area contributed by atoms with Crippen LogP contribution >= 0.6 is 11.3 Å². The van der Waals surface area contributed by atoms with Crippen LogP contribution in [0.5, 0.6) is 0 Å². The molecule has 0 saturated heterocycles. The Labute approximate surface area is 487 Å². The summed E-state index contributed by atoms with van der Waals surface area (Å²) >= 11 is 1.87. The van der Waals surface area contributed by atoms with Gasteiger partial charge in [-0.25, -0.2) is 0 Å². The third-order valence-electron chi connectivity index (χ3n) is 16.5. The fourth-order valence-corrected chi connectivity index (χ4v) is 13.6. The second kappa shape index (κ2) is 21.0. The number of fused-ring (bicyclic) bond motifs is 12. The van der Waals surface area contributed by atoms with Crippen LogP contribution in [0.25, 0.3) is 136 Å². The largest absolute Gasteiger partial charge is 0.309 e. The first-order valence-corrected chi connectivity index (χ1v) is 29.1. The van der Waals surface area contributed by atoms with Crippen molar-refractivity contribution >= 4 is 108 Å². The van der Waals surface area contributed by atoms with Crippen LogP contribution in [-0.4, -0.2) is 13.7 Å². The minimum absolute atomic E-state index is 0.920. The van der Waals surface area contributed by atoms with Crippen molar-refractivity contribution in [1.29, 1.82) is 0 Å². The van der Waals surface area contributed by atoms with Gasteiger partial charge in [0.15, 0.2) is 0 Å². The Kier molecular flexibility index (Phi) is 12.9. The summed E-state index contributed by atoms with van der Waals surface area (Å²) in [6.45, 7) is 18.5. The molecule has 15 aromatic rings. The van der Waals surface area contributed by atoms with Crippen molar-refractivity contribution in [3.63, 3.8) is 0 Å². The van der Waals surface area contributed by atoms with Crippen molar-refractivity contribution in [2.45, 2.75) is 20.8 Å². The van der Waals surface area contributed by atoms with Gasteiger partial charge in [-0.3, -0.25) is 0 Å². The van der Waals surface area contributed by atoms with Crippen LogP contribution in [0.15, 0.2) is 292 Å². The van der Waals surface area contributed by atoms with E-state index in [1.807, 2.05) is 29.6 Å². The van der Waals surface area contributed by atoms with Crippen LogP contribution in [0.2, 0.25) is 0 Å². The van der Waals surface area contributed by atoms with E-state index in [1.165, 1.54) is 141 Å². The molecule has 83 heavy (non-hydrogen) atoms. The van der Waals surface area contributed by atoms with Gasteiger partial charge in [0, 0.05) is 69.6 Å². The third-order valence-corrected chi connectivity index (χ3v) is 17.6. The number of hydrogen-bond acceptors (Lipinski definition) is 1. The predicted molar refractivity (Wildman–Crippen MR) is 361 cm³/mol. The predicted octanol–water partition coefficient (Wildman–Crippen LogP) is 22.4. The second-order valence-electron chi connectivity index (χ2n) is 21.7. The number of rotatable bonds is 10. The van der Waals surface area contributed by atoms with Crippen LogP contribution in [0.4, 0.5) is 0 Å². The van der Waals surface area contributed by atoms with Gasteiger partial charge in [-0.2, -0.15) is 0 Å². The third kappa shape index (κ3) is 8.83. The van der Waals surface area contributed by atoms with Gasteiger partial charge >= 0.3 is 0 Å². The van der Waals surface area contributed by atoms with Crippen molar-refractivity contribution < 1.29 is 0 Å². The lowest BCUT2D eigenvalue weighted by Crippen LogP contribution is -1.95. The standard InChI is InChI=1S/C40H28N2.C39H31NS/c1-3-27(2)28-12-11-15-32(24-28)42-38-19-10-8-17-34(38)36-26-30(21-23-40(36)42)29-20-22-39-35(25-29)33-16-7-9-18-37(33)41(39)31-13-5-4-6-14-31;1-5-6-11-30(25(2)3)34-22-27(17-16-26(34)4)28-18-21-37-35(23-28)31-12-7-9-14-36(31)40(37)29-19-20-33-32-13-8-10-15-38(32)41-39(33)24-29/h3-26H,1-2H2;5-24H,1H2,2-4H3/b;11-6-. The van der Waals surface area contributed by atoms with E-state index in [0.717, 1.165) is 16.8 Å². The Morgan fingerprint density at radius 1 is 0.386 bits per heavy atom. The van der Waals surface area contributed by atoms with Gasteiger partial charge < -0.3 is 13.7 Å². The minimum Gasteiger partial charge on any atom is -0.309 e. The molecule has 4 aromatic heterocycles. The molecule has 0 N–H and O–H groups in total. The highest BCUT2D eigenvalue weighted by atomic mass is 32.1. The van der Waals surface area contributed by atoms with Crippen LogP contribution in [0.1, 0.15) is 30.5 Å². The maximum absolute atomic E-state index is 4.17. The summed E-state index contributed by atoms with van der Waals surface area (Å²) in [7, 11) is 0. The smallest absolute Gasteiger partial charge is 0.0541 e. The highest BCUT2D eigenvalue weighted by molar-refractivity contribution is 7.25. The number of hydrogen-bond donors (Lipinski definition) is 0. The number of para-hydroxylation sites is 4. The topological polar surface area (TPSA) is 14.8 Å². The van der Waals surface area contributed by atoms with E-state index in [4.69, 9.17) is 0 Å². The lowest BCUT2D eigenvalue weighted by Gasteiger charge is -2.13. The summed E-state index contributed by atoms with van der Waals surface area (Å²) in [4.78, 5) is 0. The quantitative estimate of drug-likeness (QED) is 0.121. The Balaban J connectivity index is 0.000000148. The van der Waals surface area contributed by atoms with Gasteiger partial charge in [0.1, 0.15) is 0 Å². The number of aryl methyl sites for hydroxylation is 1. The lowest BCUT2D eigenvalue weighted by molar-refractivity contribution is 1.18. The van der Waals surface area contributed by atoms with Gasteiger partial charge in [-0.15, -0.1) is 11.3 Å². The van der Waals surface area contributed by atoms with Crippen molar-refractivity contribution in [2.75, 3.05) is 0 Å². The van der Waals surface area contributed by atoms with Crippen molar-refractivity contribution in [3.8, 4) is 39.3 Å². The molecule has 0 fully saturated rings. The van der Waals surface area contributed by atoms with Gasteiger partial charge in [0.2, 0.25) is 0 Å². The maximum atomic E-state index is 4.17. The summed E-state index contributed by atoms with van der Waals surface area (Å²) in [5.74, 6) is 0. The summed E-state index contributed by atoms with van der Waals surface area (Å²) in [6, 6.07) is 88.3. The SMILES string of the molecule is C=C/C=C\C(=C(C)C)c1cc(-c2ccc3c(c2)c2ccccc2n3-c2ccc3c(c2)sc2ccccc23)ccc1C.C=CC(=C)c1cccc(-n2c3ccccc3c3cc(-c4ccc5c(c4)c4ccccc4n5-c4ccccc4)ccc32)c1. The van der Waals surface area contributed by atoms with Crippen LogP contribution in [-0.2, 0) is 0 Å². The Hall–Kier alpha value is -10.3. The molecule has 0 spiro atoms. The van der Waals surface area contributed by atoms with Gasteiger partial charge in [0.25, 0.3) is 0 Å². The number of nitrogens with zero attached hydrogens (tertiary/aromatic N) is 3. The molecule has 0 bridgehead atoms. The highest BCUT2D eigenvalue weighted by Crippen LogP contribution is 2.42. The molecule has 0 radical (unpaired) electrons. The van der Waals surface area contributed by atoms with E-state index in [1.54, 1.807) is 0 Å². The average Bonchev–Trinajstić information content (AvgIpc) is 3.20. The second-order valence-corrected chi connectivity index (χ2v) is 22.8. The number of allylic oxidation sites excluding steroid dienone is 7. The first-order valence-electron chi connectivity index (χ1n) is 28.3. The van der Waals surface area contributed by atoms with Crippen molar-refractivity contribution in [2.24, 2.45) is 0 Å². The zero-order valence-electron chi connectivity index (χ0n) is 46.8. The molecule has 15 rings (SSSR count). The van der Waals surface area contributed by atoms with E-state index >= 15 is 0 Å². The van der Waals surface area contributed by atoms with E-state index < -0.39 is 0 Å². The molecule has 0 saturated carbocycles. The first-order chi connectivity index (χ1) is 40.7. The molecule has 396 valence electrons. The molecule has 4 heterocycles. The summed E-state index contributed by atoms with van der Waals surface area (Å²) in [5, 5.41) is 10.2. The lowest BCUT2D eigenvalue weighted by atomic mass is 9.92. The Bertz CT molecular complexity index is 5180. The Morgan fingerprint density at radius 3 is 1.40 bits per heavy atom. The Morgan fingerprint density at radius 2 is 0.843 bits per heavy atom. The van der Waals surface area contributed by atoms with E-state index in [9.17, 15) is 0 Å². The van der Waals surface area contributed by atoms with Crippen molar-refractivity contribution in [1.82, 2.24) is 13.7 Å². The van der Waals surface area contributed by atoms with Gasteiger partial charge in [-0.05, 0) is 174 Å². The van der Waals surface area contributed by atoms with Gasteiger partial charge in [0.05, 0.1) is 33.1 Å². The summed E-state index contributed by atoms with van der Waals surface area (Å²) in [6.07, 6.45) is 7.83. The molecule has 0 aliphatic carbocycles. The number of thiophene rings is 1. The van der Waals surface area contributed by atoms with E-state index in [2.05, 4.69) is 303 Å². The molecular formula is C79H59N3S. The van der Waals surface area contributed by atoms with E-state index in [0.29, 0.717) is 0 Å². The highest BCUT2D eigenvalue weighted by Gasteiger charge is 2.19. The van der Waals surface area contributed by atoms with Crippen LogP contribution in [0, 0.1) is 6.92 Å². The molecule has 0 aliphatic rings. The maximum Gasteiger partial charge on any atom is 0.0541 e. The number of aromatic nitrogens is 3. The zero-order chi connectivity index (χ0) is 56.3. The van der Waals surface area contributed by atoms with Crippen molar-refractivity contribution in [3.05, 3.63) is 309 Å². The van der Waals surface area contributed by atoms with E-state index in [-0.39, 0.29) is 0 Å². The molecule has 0 amide bonds. The summed E-state index contributed by atoms with van der Waals surface area (Å²) in [5.41, 5.74) is 22.7. The van der Waals surface area contributed by atoms with Crippen LogP contribution < -0.4 is 0 Å². The molecule has 0 atom stereocenters. The molecular weight excluding hydrogens is 1020 g/mol. The monoisotopic (exact) mass is 1080 g/mol. The fourth-order valence-electron chi connectivity index (χ4n) is 12.5. The number of benzene rings is 11.